The van der Waals surface area contributed by atoms with Gasteiger partial charge in [-0.05, 0) is 39.8 Å². The van der Waals surface area contributed by atoms with Crippen LogP contribution in [-0.2, 0) is 14.0 Å². The summed E-state index contributed by atoms with van der Waals surface area (Å²) in [7, 11) is -0.748. The van der Waals surface area contributed by atoms with Gasteiger partial charge in [0.05, 0.1) is 16.8 Å². The van der Waals surface area contributed by atoms with Crippen molar-refractivity contribution < 1.29 is 28.7 Å². The Balaban J connectivity index is 2.35. The number of hydrogen-bond donors (Lipinski definition) is 2. The zero-order chi connectivity index (χ0) is 18.8. The van der Waals surface area contributed by atoms with E-state index in [-0.39, 0.29) is 17.9 Å². The van der Waals surface area contributed by atoms with E-state index in [2.05, 4.69) is 11.9 Å². The molecule has 0 aromatic heterocycles. The van der Waals surface area contributed by atoms with Crippen LogP contribution in [0.15, 0.2) is 30.9 Å². The van der Waals surface area contributed by atoms with E-state index in [0.29, 0.717) is 5.46 Å². The molecular weight excluding hydrogens is 325 g/mol. The fraction of sp³-hybridized carbons (Fsp3) is 0.412. The van der Waals surface area contributed by atoms with Crippen LogP contribution in [0.1, 0.15) is 38.1 Å². The Morgan fingerprint density at radius 2 is 1.88 bits per heavy atom. The van der Waals surface area contributed by atoms with Gasteiger partial charge in [0, 0.05) is 11.2 Å². The van der Waals surface area contributed by atoms with Crippen molar-refractivity contribution in [3.05, 3.63) is 36.4 Å². The molecule has 25 heavy (non-hydrogen) atoms. The molecule has 0 unspecified atom stereocenters. The van der Waals surface area contributed by atoms with Gasteiger partial charge in [-0.1, -0.05) is 18.7 Å². The van der Waals surface area contributed by atoms with Crippen molar-refractivity contribution in [1.29, 1.82) is 0 Å². The first kappa shape index (κ1) is 19.0. The Hall–Kier alpha value is -2.32. The van der Waals surface area contributed by atoms with Crippen LogP contribution < -0.4 is 10.8 Å². The second-order valence-corrected chi connectivity index (χ2v) is 6.71. The number of anilines is 1. The Kier molecular flexibility index (Phi) is 5.24. The minimum absolute atomic E-state index is 0.0271. The molecule has 0 saturated carbocycles. The fourth-order valence-corrected chi connectivity index (χ4v) is 2.25. The van der Waals surface area contributed by atoms with Gasteiger partial charge in [0.1, 0.15) is 6.61 Å². The summed E-state index contributed by atoms with van der Waals surface area (Å²) in [5.41, 5.74) is -0.334. The van der Waals surface area contributed by atoms with Gasteiger partial charge in [0.15, 0.2) is 0 Å². The van der Waals surface area contributed by atoms with Gasteiger partial charge in [0.25, 0.3) is 0 Å². The van der Waals surface area contributed by atoms with Gasteiger partial charge in [-0.3, -0.25) is 5.32 Å². The zero-order valence-electron chi connectivity index (χ0n) is 14.8. The molecule has 0 spiro atoms. The van der Waals surface area contributed by atoms with Crippen LogP contribution in [0.5, 0.6) is 0 Å². The molecule has 0 radical (unpaired) electrons. The molecule has 1 aromatic carbocycles. The fourth-order valence-electron chi connectivity index (χ4n) is 2.25. The number of amides is 1. The summed E-state index contributed by atoms with van der Waals surface area (Å²) >= 11 is 0. The molecule has 0 atom stereocenters. The van der Waals surface area contributed by atoms with Crippen LogP contribution in [0, 0.1) is 0 Å². The van der Waals surface area contributed by atoms with Gasteiger partial charge >= 0.3 is 19.2 Å². The number of aromatic carboxylic acids is 1. The summed E-state index contributed by atoms with van der Waals surface area (Å²) in [5.74, 6) is -1.11. The van der Waals surface area contributed by atoms with Gasteiger partial charge in [-0.15, -0.1) is 0 Å². The SMILES string of the molecule is C=CCOC(=O)Nc1cc(C(=O)O)ccc1B1OC(C)(C)C(C)(C)O1. The number of carboxylic acids is 1. The predicted molar refractivity (Wildman–Crippen MR) is 94.3 cm³/mol. The number of carbonyl (C=O) groups is 2. The van der Waals surface area contributed by atoms with Crippen molar-refractivity contribution in [3.8, 4) is 0 Å². The molecule has 1 aliphatic rings. The molecule has 1 amide bonds. The maximum atomic E-state index is 11.9. The second kappa shape index (κ2) is 6.89. The first-order chi connectivity index (χ1) is 11.6. The largest absolute Gasteiger partial charge is 0.496 e. The summed E-state index contributed by atoms with van der Waals surface area (Å²) in [6, 6.07) is 4.34. The lowest BCUT2D eigenvalue weighted by atomic mass is 9.77. The molecule has 1 aromatic rings. The predicted octanol–water partition coefficient (Wildman–Crippen LogP) is 2.42. The standard InChI is InChI=1S/C17H22BNO6/c1-6-9-23-15(22)19-13-10-11(14(20)21)7-8-12(13)18-24-16(2,3)17(4,5)25-18/h6-8,10H,1,9H2,2-5H3,(H,19,22)(H,20,21). The van der Waals surface area contributed by atoms with E-state index in [4.69, 9.17) is 14.0 Å². The van der Waals surface area contributed by atoms with Crippen molar-refractivity contribution in [1.82, 2.24) is 0 Å². The molecule has 2 rings (SSSR count). The Bertz CT molecular complexity index is 684. The zero-order valence-corrected chi connectivity index (χ0v) is 14.8. The number of ether oxygens (including phenoxy) is 1. The third-order valence-corrected chi connectivity index (χ3v) is 4.38. The highest BCUT2D eigenvalue weighted by molar-refractivity contribution is 6.64. The molecular formula is C17H22BNO6. The molecule has 1 heterocycles. The quantitative estimate of drug-likeness (QED) is 0.628. The lowest BCUT2D eigenvalue weighted by Crippen LogP contribution is -2.41. The summed E-state index contributed by atoms with van der Waals surface area (Å²) in [4.78, 5) is 23.1. The summed E-state index contributed by atoms with van der Waals surface area (Å²) in [6.45, 7) is 11.1. The lowest BCUT2D eigenvalue weighted by Gasteiger charge is -2.32. The number of hydrogen-bond acceptors (Lipinski definition) is 5. The number of rotatable bonds is 5. The number of benzene rings is 1. The number of carboxylic acid groups (broad SMARTS) is 1. The van der Waals surface area contributed by atoms with Crippen LogP contribution in [-0.4, -0.2) is 42.1 Å². The Morgan fingerprint density at radius 3 is 2.40 bits per heavy atom. The van der Waals surface area contributed by atoms with Crippen LogP contribution in [0.4, 0.5) is 10.5 Å². The molecule has 1 saturated heterocycles. The molecule has 7 nitrogen and oxygen atoms in total. The molecule has 8 heteroatoms. The second-order valence-electron chi connectivity index (χ2n) is 6.71. The third kappa shape index (κ3) is 4.03. The van der Waals surface area contributed by atoms with Crippen LogP contribution in [0.2, 0.25) is 0 Å². The average molecular weight is 347 g/mol. The van der Waals surface area contributed by atoms with E-state index in [1.165, 1.54) is 18.2 Å². The highest BCUT2D eigenvalue weighted by atomic mass is 16.7. The van der Waals surface area contributed by atoms with Gasteiger partial charge in [-0.2, -0.15) is 0 Å². The van der Waals surface area contributed by atoms with Crippen LogP contribution in [0.3, 0.4) is 0 Å². The number of carbonyl (C=O) groups excluding carboxylic acids is 1. The van der Waals surface area contributed by atoms with Crippen molar-refractivity contribution in [2.24, 2.45) is 0 Å². The molecule has 0 bridgehead atoms. The maximum absolute atomic E-state index is 11.9. The smallest absolute Gasteiger partial charge is 0.478 e. The first-order valence-electron chi connectivity index (χ1n) is 7.85. The maximum Gasteiger partial charge on any atom is 0.496 e. The minimum atomic E-state index is -1.11. The van der Waals surface area contributed by atoms with Crippen LogP contribution in [0.25, 0.3) is 0 Å². The van der Waals surface area contributed by atoms with E-state index in [1.807, 2.05) is 27.7 Å². The molecule has 134 valence electrons. The summed E-state index contributed by atoms with van der Waals surface area (Å²) in [6.07, 6.45) is 0.711. The third-order valence-electron chi connectivity index (χ3n) is 4.38. The van der Waals surface area contributed by atoms with Gasteiger partial charge in [0.2, 0.25) is 0 Å². The summed E-state index contributed by atoms with van der Waals surface area (Å²) in [5, 5.41) is 11.7. The molecule has 1 aliphatic heterocycles. The Labute approximate surface area is 147 Å². The normalized spacial score (nSPS) is 17.8. The van der Waals surface area contributed by atoms with Gasteiger partial charge < -0.3 is 19.2 Å². The highest BCUT2D eigenvalue weighted by Gasteiger charge is 2.52. The van der Waals surface area contributed by atoms with Crippen molar-refractivity contribution in [3.63, 3.8) is 0 Å². The van der Waals surface area contributed by atoms with E-state index in [0.717, 1.165) is 0 Å². The van der Waals surface area contributed by atoms with Gasteiger partial charge in [-0.25, -0.2) is 9.59 Å². The first-order valence-corrected chi connectivity index (χ1v) is 7.85. The van der Waals surface area contributed by atoms with Crippen molar-refractivity contribution in [2.45, 2.75) is 38.9 Å². The Morgan fingerprint density at radius 1 is 1.28 bits per heavy atom. The average Bonchev–Trinajstić information content (AvgIpc) is 2.73. The number of nitrogens with one attached hydrogen (secondary N) is 1. The van der Waals surface area contributed by atoms with E-state index in [1.54, 1.807) is 6.07 Å². The van der Waals surface area contributed by atoms with E-state index >= 15 is 0 Å². The topological polar surface area (TPSA) is 94.1 Å². The minimum Gasteiger partial charge on any atom is -0.478 e. The highest BCUT2D eigenvalue weighted by Crippen LogP contribution is 2.37. The summed E-state index contributed by atoms with van der Waals surface area (Å²) < 4.78 is 16.8. The molecule has 0 aliphatic carbocycles. The van der Waals surface area contributed by atoms with E-state index < -0.39 is 30.4 Å². The monoisotopic (exact) mass is 347 g/mol. The van der Waals surface area contributed by atoms with Crippen molar-refractivity contribution >= 4 is 30.3 Å². The van der Waals surface area contributed by atoms with E-state index in [9.17, 15) is 14.7 Å². The lowest BCUT2D eigenvalue weighted by molar-refractivity contribution is 0.00578. The molecule has 2 N–H and O–H groups in total. The molecule has 1 fully saturated rings. The van der Waals surface area contributed by atoms with Crippen molar-refractivity contribution in [2.75, 3.05) is 11.9 Å². The van der Waals surface area contributed by atoms with Crippen LogP contribution >= 0.6 is 0 Å².